The molecule has 4 aromatic rings. The highest BCUT2D eigenvalue weighted by atomic mass is 16.2. The smallest absolute Gasteiger partial charge is 0.255 e. The molecule has 0 aliphatic heterocycles. The van der Waals surface area contributed by atoms with E-state index in [9.17, 15) is 4.79 Å². The first-order chi connectivity index (χ1) is 17.6. The van der Waals surface area contributed by atoms with Crippen molar-refractivity contribution in [1.82, 2.24) is 14.5 Å². The number of fused-ring (bicyclic) bond motifs is 1. The summed E-state index contributed by atoms with van der Waals surface area (Å²) in [6, 6.07) is 19.2. The number of aryl methyl sites for hydroxylation is 4. The number of imidazole rings is 1. The SMILES string of the molecule is CCN(CC)c1ccc2c(c1)nc(CN(C(=O)c1c(C)cc(C)cc1C)C(C)C)n2-c1ccc(C)cc1. The molecule has 0 aliphatic rings. The zero-order chi connectivity index (χ0) is 26.9. The second-order valence-electron chi connectivity index (χ2n) is 10.3. The van der Waals surface area contributed by atoms with E-state index in [0.717, 1.165) is 52.3 Å². The summed E-state index contributed by atoms with van der Waals surface area (Å²) in [7, 11) is 0. The number of nitrogens with zero attached hydrogens (tertiary/aromatic N) is 4. The fourth-order valence-corrected chi connectivity index (χ4v) is 5.29. The van der Waals surface area contributed by atoms with E-state index in [4.69, 9.17) is 4.98 Å². The number of carbonyl (C=O) groups excluding carboxylic acids is 1. The molecule has 0 bridgehead atoms. The van der Waals surface area contributed by atoms with Crippen LogP contribution in [0.3, 0.4) is 0 Å². The van der Waals surface area contributed by atoms with Crippen LogP contribution in [0.1, 0.15) is 66.1 Å². The highest BCUT2D eigenvalue weighted by Crippen LogP contribution is 2.28. The van der Waals surface area contributed by atoms with E-state index < -0.39 is 0 Å². The van der Waals surface area contributed by atoms with Gasteiger partial charge in [0.05, 0.1) is 17.6 Å². The molecule has 0 atom stereocenters. The van der Waals surface area contributed by atoms with E-state index in [2.05, 4.69) is 106 Å². The summed E-state index contributed by atoms with van der Waals surface area (Å²) in [5.74, 6) is 0.913. The van der Waals surface area contributed by atoms with Gasteiger partial charge in [-0.2, -0.15) is 0 Å². The predicted octanol–water partition coefficient (Wildman–Crippen LogP) is 7.16. The van der Waals surface area contributed by atoms with Gasteiger partial charge in [0, 0.05) is 36.1 Å². The third-order valence-electron chi connectivity index (χ3n) is 7.22. The summed E-state index contributed by atoms with van der Waals surface area (Å²) in [4.78, 5) is 23.4. The summed E-state index contributed by atoms with van der Waals surface area (Å²) in [5, 5.41) is 0. The summed E-state index contributed by atoms with van der Waals surface area (Å²) < 4.78 is 2.21. The Hall–Kier alpha value is -3.60. The molecule has 1 heterocycles. The Kier molecular flexibility index (Phi) is 7.72. The normalized spacial score (nSPS) is 11.4. The van der Waals surface area contributed by atoms with Gasteiger partial charge < -0.3 is 9.80 Å². The maximum atomic E-state index is 14.0. The van der Waals surface area contributed by atoms with Crippen LogP contribution in [0.2, 0.25) is 0 Å². The summed E-state index contributed by atoms with van der Waals surface area (Å²) in [6.45, 7) is 19.0. The highest BCUT2D eigenvalue weighted by Gasteiger charge is 2.25. The lowest BCUT2D eigenvalue weighted by Gasteiger charge is -2.28. The van der Waals surface area contributed by atoms with Crippen molar-refractivity contribution in [3.05, 3.63) is 88.2 Å². The van der Waals surface area contributed by atoms with E-state index in [1.54, 1.807) is 0 Å². The van der Waals surface area contributed by atoms with Crippen molar-refractivity contribution >= 4 is 22.6 Å². The van der Waals surface area contributed by atoms with Crippen LogP contribution in [0.15, 0.2) is 54.6 Å². The van der Waals surface area contributed by atoms with Crippen molar-refractivity contribution in [2.75, 3.05) is 18.0 Å². The van der Waals surface area contributed by atoms with E-state index >= 15 is 0 Å². The summed E-state index contributed by atoms with van der Waals surface area (Å²) in [6.07, 6.45) is 0. The van der Waals surface area contributed by atoms with Crippen LogP contribution >= 0.6 is 0 Å². The van der Waals surface area contributed by atoms with Gasteiger partial charge in [-0.05, 0) is 96.8 Å². The first-order valence-corrected chi connectivity index (χ1v) is 13.4. The molecule has 5 nitrogen and oxygen atoms in total. The molecule has 0 saturated carbocycles. The lowest BCUT2D eigenvalue weighted by molar-refractivity contribution is 0.0683. The van der Waals surface area contributed by atoms with Gasteiger partial charge in [0.2, 0.25) is 0 Å². The molecule has 4 rings (SSSR count). The Morgan fingerprint density at radius 3 is 2.05 bits per heavy atom. The van der Waals surface area contributed by atoms with Crippen LogP contribution in [0.25, 0.3) is 16.7 Å². The number of rotatable bonds is 8. The van der Waals surface area contributed by atoms with Crippen LogP contribution in [0.4, 0.5) is 5.69 Å². The maximum Gasteiger partial charge on any atom is 0.255 e. The Balaban J connectivity index is 1.85. The van der Waals surface area contributed by atoms with Gasteiger partial charge in [0.15, 0.2) is 0 Å². The lowest BCUT2D eigenvalue weighted by Crippen LogP contribution is -2.38. The predicted molar refractivity (Wildman–Crippen MR) is 155 cm³/mol. The Morgan fingerprint density at radius 1 is 0.865 bits per heavy atom. The fourth-order valence-electron chi connectivity index (χ4n) is 5.29. The molecule has 0 radical (unpaired) electrons. The number of benzene rings is 3. The highest BCUT2D eigenvalue weighted by molar-refractivity contribution is 5.97. The Bertz CT molecular complexity index is 1390. The largest absolute Gasteiger partial charge is 0.372 e. The van der Waals surface area contributed by atoms with Gasteiger partial charge in [-0.1, -0.05) is 35.4 Å². The molecule has 0 spiro atoms. The van der Waals surface area contributed by atoms with Crippen LogP contribution < -0.4 is 4.90 Å². The van der Waals surface area contributed by atoms with Crippen molar-refractivity contribution < 1.29 is 4.79 Å². The molecule has 0 aliphatic carbocycles. The summed E-state index contributed by atoms with van der Waals surface area (Å²) >= 11 is 0. The molecule has 0 fully saturated rings. The Labute approximate surface area is 221 Å². The van der Waals surface area contributed by atoms with Crippen LogP contribution in [0, 0.1) is 27.7 Å². The van der Waals surface area contributed by atoms with Crippen molar-refractivity contribution in [2.45, 2.75) is 68.0 Å². The third kappa shape index (κ3) is 5.27. The fraction of sp³-hybridized carbons (Fsp3) is 0.375. The minimum atomic E-state index is 0.0186. The maximum absolute atomic E-state index is 14.0. The van der Waals surface area contributed by atoms with Crippen molar-refractivity contribution in [3.8, 4) is 5.69 Å². The van der Waals surface area contributed by atoms with Crippen molar-refractivity contribution in [1.29, 1.82) is 0 Å². The molecular weight excluding hydrogens is 456 g/mol. The van der Waals surface area contributed by atoms with Gasteiger partial charge in [-0.3, -0.25) is 9.36 Å². The molecule has 0 unspecified atom stereocenters. The molecule has 3 aromatic carbocycles. The molecule has 1 amide bonds. The number of aromatic nitrogens is 2. The molecule has 1 aromatic heterocycles. The zero-order valence-corrected chi connectivity index (χ0v) is 23.6. The van der Waals surface area contributed by atoms with Gasteiger partial charge in [0.1, 0.15) is 5.82 Å². The molecule has 37 heavy (non-hydrogen) atoms. The molecule has 0 N–H and O–H groups in total. The third-order valence-corrected chi connectivity index (χ3v) is 7.22. The number of amides is 1. The van der Waals surface area contributed by atoms with Crippen LogP contribution in [-0.4, -0.2) is 39.5 Å². The van der Waals surface area contributed by atoms with Gasteiger partial charge >= 0.3 is 0 Å². The first kappa shape index (κ1) is 26.5. The molecule has 194 valence electrons. The van der Waals surface area contributed by atoms with E-state index in [0.29, 0.717) is 6.54 Å². The van der Waals surface area contributed by atoms with E-state index in [1.807, 2.05) is 18.7 Å². The summed E-state index contributed by atoms with van der Waals surface area (Å²) in [5.41, 5.74) is 9.43. The minimum absolute atomic E-state index is 0.0186. The Morgan fingerprint density at radius 2 is 1.49 bits per heavy atom. The van der Waals surface area contributed by atoms with Gasteiger partial charge in [-0.15, -0.1) is 0 Å². The zero-order valence-electron chi connectivity index (χ0n) is 23.6. The van der Waals surface area contributed by atoms with Gasteiger partial charge in [-0.25, -0.2) is 4.98 Å². The first-order valence-electron chi connectivity index (χ1n) is 13.4. The van der Waals surface area contributed by atoms with Crippen LogP contribution in [-0.2, 0) is 6.54 Å². The average Bonchev–Trinajstić information content (AvgIpc) is 3.20. The van der Waals surface area contributed by atoms with Gasteiger partial charge in [0.25, 0.3) is 5.91 Å². The number of hydrogen-bond donors (Lipinski definition) is 0. The number of anilines is 1. The van der Waals surface area contributed by atoms with E-state index in [1.165, 1.54) is 16.8 Å². The average molecular weight is 497 g/mol. The molecule has 0 saturated heterocycles. The number of hydrogen-bond acceptors (Lipinski definition) is 3. The monoisotopic (exact) mass is 496 g/mol. The topological polar surface area (TPSA) is 41.4 Å². The molecular formula is C32H40N4O. The lowest BCUT2D eigenvalue weighted by atomic mass is 9.98. The van der Waals surface area contributed by atoms with Crippen molar-refractivity contribution in [2.24, 2.45) is 0 Å². The van der Waals surface area contributed by atoms with E-state index in [-0.39, 0.29) is 11.9 Å². The van der Waals surface area contributed by atoms with Crippen LogP contribution in [0.5, 0.6) is 0 Å². The second kappa shape index (κ2) is 10.8. The molecule has 5 heteroatoms. The quantitative estimate of drug-likeness (QED) is 0.260. The second-order valence-corrected chi connectivity index (χ2v) is 10.3. The standard InChI is InChI=1S/C32H40N4O/c1-9-34(10-2)27-15-16-29-28(19-27)33-30(36(29)26-13-11-22(5)12-14-26)20-35(21(3)4)32(37)31-24(7)17-23(6)18-25(31)8/h11-19,21H,9-10,20H2,1-8H3. The number of carbonyl (C=O) groups is 1. The van der Waals surface area contributed by atoms with Crippen molar-refractivity contribution in [3.63, 3.8) is 0 Å². The minimum Gasteiger partial charge on any atom is -0.372 e.